The lowest BCUT2D eigenvalue weighted by Crippen LogP contribution is -2.32. The van der Waals surface area contributed by atoms with Crippen molar-refractivity contribution in [2.75, 3.05) is 18.0 Å². The molecule has 1 rings (SSSR count). The average molecular weight is 258 g/mol. The Balaban J connectivity index is 3.03. The third kappa shape index (κ3) is 4.04. The van der Waals surface area contributed by atoms with E-state index >= 15 is 0 Å². The molecule has 0 aliphatic heterocycles. The summed E-state index contributed by atoms with van der Waals surface area (Å²) in [5, 5.41) is 6.38. The number of nitrogens with one attached hydrogen (secondary N) is 1. The quantitative estimate of drug-likeness (QED) is 0.882. The molecular weight excluding hydrogens is 238 g/mol. The van der Waals surface area contributed by atoms with Crippen molar-refractivity contribution < 1.29 is 0 Å². The highest BCUT2D eigenvalue weighted by Crippen LogP contribution is 2.22. The first-order valence-electron chi connectivity index (χ1n) is 5.90. The van der Waals surface area contributed by atoms with E-state index in [1.165, 1.54) is 0 Å². The highest BCUT2D eigenvalue weighted by molar-refractivity contribution is 6.32. The SMILES string of the molecule is CC(C)CN(CC(C)C)c1cn[nH]c(=O)c1Cl. The van der Waals surface area contributed by atoms with Crippen LogP contribution >= 0.6 is 11.6 Å². The Morgan fingerprint density at radius 2 is 1.82 bits per heavy atom. The lowest BCUT2D eigenvalue weighted by molar-refractivity contribution is 0.551. The van der Waals surface area contributed by atoms with Gasteiger partial charge in [-0.15, -0.1) is 0 Å². The first-order chi connectivity index (χ1) is 7.91. The van der Waals surface area contributed by atoms with Gasteiger partial charge in [0, 0.05) is 13.1 Å². The monoisotopic (exact) mass is 257 g/mol. The van der Waals surface area contributed by atoms with Crippen molar-refractivity contribution in [3.8, 4) is 0 Å². The topological polar surface area (TPSA) is 49.0 Å². The van der Waals surface area contributed by atoms with Crippen molar-refractivity contribution in [2.24, 2.45) is 11.8 Å². The summed E-state index contributed by atoms with van der Waals surface area (Å²) < 4.78 is 0. The predicted molar refractivity (Wildman–Crippen MR) is 71.8 cm³/mol. The fraction of sp³-hybridized carbons (Fsp3) is 0.667. The van der Waals surface area contributed by atoms with E-state index in [4.69, 9.17) is 11.6 Å². The molecule has 0 unspecified atom stereocenters. The van der Waals surface area contributed by atoms with Crippen LogP contribution in [0.2, 0.25) is 5.02 Å². The number of aromatic amines is 1. The number of rotatable bonds is 5. The average Bonchev–Trinajstić information content (AvgIpc) is 2.19. The molecule has 1 aromatic rings. The zero-order valence-electron chi connectivity index (χ0n) is 10.8. The summed E-state index contributed by atoms with van der Waals surface area (Å²) in [6, 6.07) is 0. The largest absolute Gasteiger partial charge is 0.368 e. The minimum absolute atomic E-state index is 0.223. The Morgan fingerprint density at radius 1 is 1.29 bits per heavy atom. The molecule has 5 heteroatoms. The first-order valence-corrected chi connectivity index (χ1v) is 6.27. The molecule has 0 spiro atoms. The Labute approximate surface area is 107 Å². The highest BCUT2D eigenvalue weighted by atomic mass is 35.5. The number of aromatic nitrogens is 2. The number of halogens is 1. The molecule has 0 atom stereocenters. The van der Waals surface area contributed by atoms with E-state index in [-0.39, 0.29) is 10.6 Å². The number of hydrogen-bond acceptors (Lipinski definition) is 3. The smallest absolute Gasteiger partial charge is 0.285 e. The molecule has 0 saturated heterocycles. The van der Waals surface area contributed by atoms with E-state index in [1.54, 1.807) is 6.20 Å². The van der Waals surface area contributed by atoms with Crippen molar-refractivity contribution in [3.05, 3.63) is 21.6 Å². The molecule has 17 heavy (non-hydrogen) atoms. The van der Waals surface area contributed by atoms with Crippen LogP contribution in [0.15, 0.2) is 11.0 Å². The standard InChI is InChI=1S/C12H20ClN3O/c1-8(2)6-16(7-9(3)4)10-5-14-15-12(17)11(10)13/h5,8-9H,6-7H2,1-4H3,(H,15,17). The van der Waals surface area contributed by atoms with Gasteiger partial charge >= 0.3 is 0 Å². The van der Waals surface area contributed by atoms with Gasteiger partial charge in [-0.05, 0) is 11.8 Å². The number of nitrogens with zero attached hydrogens (tertiary/aromatic N) is 2. The van der Waals surface area contributed by atoms with E-state index in [1.807, 2.05) is 0 Å². The Hall–Kier alpha value is -1.03. The molecule has 0 aromatic carbocycles. The number of H-pyrrole nitrogens is 1. The van der Waals surface area contributed by atoms with Gasteiger partial charge in [-0.3, -0.25) is 4.79 Å². The molecule has 96 valence electrons. The Bertz CT molecular complexity index is 404. The van der Waals surface area contributed by atoms with E-state index in [0.29, 0.717) is 11.8 Å². The normalized spacial score (nSPS) is 11.2. The molecule has 1 heterocycles. The molecule has 0 aliphatic rings. The summed E-state index contributed by atoms with van der Waals surface area (Å²) in [6.07, 6.45) is 1.62. The van der Waals surface area contributed by atoms with Crippen molar-refractivity contribution in [3.63, 3.8) is 0 Å². The molecule has 0 saturated carbocycles. The summed E-state index contributed by atoms with van der Waals surface area (Å²) in [6.45, 7) is 10.3. The van der Waals surface area contributed by atoms with Crippen LogP contribution in [0.3, 0.4) is 0 Å². The Kier molecular flexibility index (Phi) is 5.00. The van der Waals surface area contributed by atoms with Crippen LogP contribution in [-0.4, -0.2) is 23.3 Å². The van der Waals surface area contributed by atoms with E-state index in [9.17, 15) is 4.79 Å². The van der Waals surface area contributed by atoms with Gasteiger partial charge in [0.2, 0.25) is 0 Å². The molecule has 0 radical (unpaired) electrons. The molecule has 4 nitrogen and oxygen atoms in total. The fourth-order valence-electron chi connectivity index (χ4n) is 1.75. The Morgan fingerprint density at radius 3 is 2.29 bits per heavy atom. The summed E-state index contributed by atoms with van der Waals surface area (Å²) in [4.78, 5) is 13.6. The third-order valence-corrected chi connectivity index (χ3v) is 2.65. The van der Waals surface area contributed by atoms with Crippen molar-refractivity contribution in [1.82, 2.24) is 10.2 Å². The fourth-order valence-corrected chi connectivity index (χ4v) is 1.96. The van der Waals surface area contributed by atoms with Crippen LogP contribution in [0.5, 0.6) is 0 Å². The predicted octanol–water partition coefficient (Wildman–Crippen LogP) is 2.54. The van der Waals surface area contributed by atoms with Gasteiger partial charge in [0.1, 0.15) is 5.02 Å². The molecule has 0 aliphatic carbocycles. The van der Waals surface area contributed by atoms with E-state index in [0.717, 1.165) is 18.8 Å². The van der Waals surface area contributed by atoms with Crippen LogP contribution in [0, 0.1) is 11.8 Å². The van der Waals surface area contributed by atoms with Gasteiger partial charge < -0.3 is 4.90 Å². The second kappa shape index (κ2) is 6.05. The number of hydrogen-bond donors (Lipinski definition) is 1. The lowest BCUT2D eigenvalue weighted by atomic mass is 10.1. The number of anilines is 1. The van der Waals surface area contributed by atoms with Crippen LogP contribution in [-0.2, 0) is 0 Å². The van der Waals surface area contributed by atoms with Crippen LogP contribution in [0.25, 0.3) is 0 Å². The zero-order chi connectivity index (χ0) is 13.0. The van der Waals surface area contributed by atoms with Crippen molar-refractivity contribution in [1.29, 1.82) is 0 Å². The van der Waals surface area contributed by atoms with E-state index in [2.05, 4.69) is 42.8 Å². The molecule has 1 aromatic heterocycles. The molecule has 0 amide bonds. The van der Waals surface area contributed by atoms with Gasteiger partial charge in [0.05, 0.1) is 11.9 Å². The summed E-state index contributed by atoms with van der Waals surface area (Å²) in [5.74, 6) is 1.01. The maximum Gasteiger partial charge on any atom is 0.285 e. The molecule has 1 N–H and O–H groups in total. The van der Waals surface area contributed by atoms with Gasteiger partial charge in [-0.1, -0.05) is 39.3 Å². The van der Waals surface area contributed by atoms with E-state index < -0.39 is 0 Å². The second-order valence-electron chi connectivity index (χ2n) is 5.09. The van der Waals surface area contributed by atoms with Gasteiger partial charge in [0.25, 0.3) is 5.56 Å². The van der Waals surface area contributed by atoms with Crippen molar-refractivity contribution >= 4 is 17.3 Å². The minimum Gasteiger partial charge on any atom is -0.368 e. The minimum atomic E-state index is -0.332. The lowest BCUT2D eigenvalue weighted by Gasteiger charge is -2.28. The zero-order valence-corrected chi connectivity index (χ0v) is 11.6. The summed E-state index contributed by atoms with van der Waals surface area (Å²) in [7, 11) is 0. The van der Waals surface area contributed by atoms with Crippen molar-refractivity contribution in [2.45, 2.75) is 27.7 Å². The third-order valence-electron chi connectivity index (χ3n) is 2.29. The van der Waals surface area contributed by atoms with Crippen LogP contribution in [0.4, 0.5) is 5.69 Å². The first kappa shape index (κ1) is 14.0. The van der Waals surface area contributed by atoms with Gasteiger partial charge in [-0.25, -0.2) is 5.10 Å². The van der Waals surface area contributed by atoms with Crippen LogP contribution in [0.1, 0.15) is 27.7 Å². The highest BCUT2D eigenvalue weighted by Gasteiger charge is 2.15. The summed E-state index contributed by atoms with van der Waals surface area (Å²) >= 11 is 6.03. The maximum atomic E-state index is 11.4. The van der Waals surface area contributed by atoms with Crippen LogP contribution < -0.4 is 10.5 Å². The van der Waals surface area contributed by atoms with Gasteiger partial charge in [-0.2, -0.15) is 5.10 Å². The molecule has 0 fully saturated rings. The molecular formula is C12H20ClN3O. The van der Waals surface area contributed by atoms with Gasteiger partial charge in [0.15, 0.2) is 0 Å². The summed E-state index contributed by atoms with van der Waals surface area (Å²) in [5.41, 5.74) is 0.388. The maximum absolute atomic E-state index is 11.4. The second-order valence-corrected chi connectivity index (χ2v) is 5.47. The molecule has 0 bridgehead atoms.